The molecule has 0 aliphatic carbocycles. The average Bonchev–Trinajstić information content (AvgIpc) is 2.32. The number of hydrogen-bond donors (Lipinski definition) is 1. The molecule has 0 aromatic carbocycles. The number of hydrogen-bond acceptors (Lipinski definition) is 3. The number of nitrogens with zero attached hydrogens (tertiary/aromatic N) is 1. The van der Waals surface area contributed by atoms with Gasteiger partial charge in [0.25, 0.3) is 0 Å². The first kappa shape index (κ1) is 21.6. The van der Waals surface area contributed by atoms with Crippen molar-refractivity contribution in [2.24, 2.45) is 5.92 Å². The summed E-state index contributed by atoms with van der Waals surface area (Å²) < 4.78 is -0.998. The summed E-state index contributed by atoms with van der Waals surface area (Å²) in [5, 5.41) is 1.91. The zero-order valence-corrected chi connectivity index (χ0v) is 16.9. The van der Waals surface area contributed by atoms with Gasteiger partial charge in [-0.25, -0.2) is 0 Å². The maximum Gasteiger partial charge on any atom is 0.220 e. The summed E-state index contributed by atoms with van der Waals surface area (Å²) >= 11 is 24.5. The Kier molecular flexibility index (Phi) is 9.93. The molecule has 0 aromatic rings. The van der Waals surface area contributed by atoms with Crippen molar-refractivity contribution in [3.05, 3.63) is 0 Å². The number of carbonyl (C=O) groups is 1. The molecule has 0 spiro atoms. The lowest BCUT2D eigenvalue weighted by atomic mass is 10.1. The van der Waals surface area contributed by atoms with Crippen molar-refractivity contribution in [3.8, 4) is 0 Å². The Hall–Kier alpha value is 0.580. The molecule has 124 valence electrons. The van der Waals surface area contributed by atoms with Crippen molar-refractivity contribution in [2.75, 3.05) is 6.54 Å². The number of amides is 1. The molecule has 0 radical (unpaired) electrons. The van der Waals surface area contributed by atoms with Gasteiger partial charge >= 0.3 is 0 Å². The van der Waals surface area contributed by atoms with Crippen molar-refractivity contribution in [1.82, 2.24) is 10.2 Å². The smallest absolute Gasteiger partial charge is 0.220 e. The molecule has 3 nitrogen and oxygen atoms in total. The fraction of sp³-hybridized carbons (Fsp3) is 0.846. The first-order valence-corrected chi connectivity index (χ1v) is 9.22. The van der Waals surface area contributed by atoms with Crippen molar-refractivity contribution in [1.29, 1.82) is 0 Å². The van der Waals surface area contributed by atoms with Crippen molar-refractivity contribution in [2.45, 2.75) is 56.2 Å². The molecule has 0 bridgehead atoms. The Bertz CT molecular complexity index is 362. The molecule has 0 aliphatic rings. The molecular weight excluding hydrogens is 371 g/mol. The summed E-state index contributed by atoms with van der Waals surface area (Å²) in [5.41, 5.74) is 0. The van der Waals surface area contributed by atoms with Gasteiger partial charge in [0.05, 0.1) is 0 Å². The third-order valence-corrected chi connectivity index (χ3v) is 5.48. The van der Waals surface area contributed by atoms with E-state index in [9.17, 15) is 4.79 Å². The number of thiocarbonyl (C=S) groups is 1. The second-order valence-corrected chi connectivity index (χ2v) is 9.42. The van der Waals surface area contributed by atoms with E-state index in [-0.39, 0.29) is 5.91 Å². The number of rotatable bonds is 6. The minimum Gasteiger partial charge on any atom is -0.355 e. The number of thioether (sulfide) groups is 1. The van der Waals surface area contributed by atoms with Gasteiger partial charge in [-0.3, -0.25) is 4.79 Å². The molecule has 0 fully saturated rings. The quantitative estimate of drug-likeness (QED) is 0.406. The van der Waals surface area contributed by atoms with E-state index in [1.165, 1.54) is 18.7 Å². The van der Waals surface area contributed by atoms with Crippen LogP contribution in [-0.2, 0) is 4.79 Å². The highest BCUT2D eigenvalue weighted by atomic mass is 35.6. The average molecular weight is 394 g/mol. The third-order valence-electron chi connectivity index (χ3n) is 2.77. The molecule has 0 saturated carbocycles. The molecule has 0 unspecified atom stereocenters. The molecule has 0 aliphatic heterocycles. The fourth-order valence-electron chi connectivity index (χ4n) is 1.58. The summed E-state index contributed by atoms with van der Waals surface area (Å²) in [4.78, 5) is 13.4. The van der Waals surface area contributed by atoms with Crippen LogP contribution in [0.1, 0.15) is 41.0 Å². The fourth-order valence-corrected chi connectivity index (χ4v) is 3.64. The number of carbonyl (C=O) groups excluding carboxylic acids is 1. The molecule has 0 saturated heterocycles. The number of alkyl halides is 3. The highest BCUT2D eigenvalue weighted by Gasteiger charge is 2.36. The van der Waals surface area contributed by atoms with Gasteiger partial charge < -0.3 is 10.2 Å². The van der Waals surface area contributed by atoms with Gasteiger partial charge in [-0.05, 0) is 19.3 Å². The molecule has 0 heterocycles. The van der Waals surface area contributed by atoms with Crippen LogP contribution in [0.25, 0.3) is 0 Å². The van der Waals surface area contributed by atoms with E-state index in [1.807, 2.05) is 0 Å². The second-order valence-electron chi connectivity index (χ2n) is 5.31. The molecule has 8 heteroatoms. The van der Waals surface area contributed by atoms with E-state index in [4.69, 9.17) is 47.0 Å². The second kappa shape index (κ2) is 9.66. The maximum absolute atomic E-state index is 11.3. The summed E-state index contributed by atoms with van der Waals surface area (Å²) in [6.07, 6.45) is 0.964. The summed E-state index contributed by atoms with van der Waals surface area (Å²) in [5.74, 6) is 0.199. The van der Waals surface area contributed by atoms with Gasteiger partial charge in [0.1, 0.15) is 9.69 Å². The van der Waals surface area contributed by atoms with Crippen LogP contribution in [0, 0.1) is 5.92 Å². The predicted molar refractivity (Wildman–Crippen MR) is 99.4 cm³/mol. The van der Waals surface area contributed by atoms with E-state index in [1.54, 1.807) is 0 Å². The molecule has 1 N–H and O–H groups in total. The Balaban J connectivity index is 5.02. The monoisotopic (exact) mass is 392 g/mol. The molecule has 1 amide bonds. The van der Waals surface area contributed by atoms with Gasteiger partial charge in [0.2, 0.25) is 9.70 Å². The van der Waals surface area contributed by atoms with Crippen LogP contribution < -0.4 is 5.32 Å². The van der Waals surface area contributed by atoms with Crippen LogP contribution >= 0.6 is 58.8 Å². The topological polar surface area (TPSA) is 32.3 Å². The zero-order valence-electron chi connectivity index (χ0n) is 13.0. The van der Waals surface area contributed by atoms with E-state index < -0.39 is 9.17 Å². The van der Waals surface area contributed by atoms with E-state index in [2.05, 4.69) is 37.9 Å². The number of halogens is 3. The van der Waals surface area contributed by atoms with Crippen LogP contribution in [0.15, 0.2) is 0 Å². The number of nitrogens with one attached hydrogen (secondary N) is 1. The Morgan fingerprint density at radius 3 is 2.19 bits per heavy atom. The largest absolute Gasteiger partial charge is 0.355 e. The van der Waals surface area contributed by atoms with Gasteiger partial charge in [-0.15, -0.1) is 0 Å². The molecule has 21 heavy (non-hydrogen) atoms. The van der Waals surface area contributed by atoms with Gasteiger partial charge in [0.15, 0.2) is 0 Å². The van der Waals surface area contributed by atoms with Crippen molar-refractivity contribution >= 4 is 69.0 Å². The maximum atomic E-state index is 11.3. The van der Waals surface area contributed by atoms with Gasteiger partial charge in [0, 0.05) is 19.5 Å². The summed E-state index contributed by atoms with van der Waals surface area (Å²) in [7, 11) is 0. The van der Waals surface area contributed by atoms with E-state index >= 15 is 0 Å². The molecule has 2 atom stereocenters. The highest BCUT2D eigenvalue weighted by Crippen LogP contribution is 2.37. The van der Waals surface area contributed by atoms with Crippen LogP contribution in [-0.4, -0.2) is 36.9 Å². The van der Waals surface area contributed by atoms with Crippen LogP contribution in [0.4, 0.5) is 0 Å². The third kappa shape index (κ3) is 8.70. The molecule has 0 aromatic heterocycles. The predicted octanol–water partition coefficient (Wildman–Crippen LogP) is 4.59. The standard InChI is InChI=1S/C13H23Cl3N2OS2/c1-6-9(4)18(7-8(2)3)12(20)21-11(13(14,15)16)17-10(5)19/h8-9,11H,6-7H2,1-5H3,(H,17,19)/t9-,11-/m1/s1. The van der Waals surface area contributed by atoms with Crippen molar-refractivity contribution < 1.29 is 4.79 Å². The first-order valence-electron chi connectivity index (χ1n) is 6.80. The minimum atomic E-state index is -1.63. The molecule has 0 rings (SSSR count). The SMILES string of the molecule is CC[C@@H](C)N(CC(C)C)C(=S)S[C@@H](NC(C)=O)C(Cl)(Cl)Cl. The van der Waals surface area contributed by atoms with E-state index in [0.717, 1.165) is 13.0 Å². The minimum absolute atomic E-state index is 0.263. The first-order chi connectivity index (χ1) is 9.48. The van der Waals surface area contributed by atoms with Gasteiger partial charge in [-0.1, -0.05) is 79.6 Å². The normalized spacial score (nSPS) is 14.7. The summed E-state index contributed by atoms with van der Waals surface area (Å²) in [6, 6.07) is 0.292. The summed E-state index contributed by atoms with van der Waals surface area (Å²) in [6.45, 7) is 10.7. The Morgan fingerprint density at radius 1 is 1.33 bits per heavy atom. The van der Waals surface area contributed by atoms with E-state index in [0.29, 0.717) is 16.3 Å². The highest BCUT2D eigenvalue weighted by molar-refractivity contribution is 8.23. The Morgan fingerprint density at radius 2 is 1.86 bits per heavy atom. The Labute approximate surface area is 152 Å². The van der Waals surface area contributed by atoms with Crippen LogP contribution in [0.3, 0.4) is 0 Å². The lowest BCUT2D eigenvalue weighted by molar-refractivity contribution is -0.119. The molecular formula is C13H23Cl3N2OS2. The van der Waals surface area contributed by atoms with Gasteiger partial charge in [-0.2, -0.15) is 0 Å². The van der Waals surface area contributed by atoms with Crippen molar-refractivity contribution in [3.63, 3.8) is 0 Å². The van der Waals surface area contributed by atoms with Crippen LogP contribution in [0.2, 0.25) is 0 Å². The lowest BCUT2D eigenvalue weighted by Crippen LogP contribution is -2.45. The zero-order chi connectivity index (χ0) is 16.8. The lowest BCUT2D eigenvalue weighted by Gasteiger charge is -2.34. The van der Waals surface area contributed by atoms with Crippen LogP contribution in [0.5, 0.6) is 0 Å².